The van der Waals surface area contributed by atoms with Crippen LogP contribution in [0.5, 0.6) is 0 Å². The fourth-order valence-corrected chi connectivity index (χ4v) is 5.51. The lowest BCUT2D eigenvalue weighted by atomic mass is 10.1. The molecule has 1 aromatic heterocycles. The zero-order valence-corrected chi connectivity index (χ0v) is 17.6. The molecule has 0 atom stereocenters. The summed E-state index contributed by atoms with van der Waals surface area (Å²) in [5.74, 6) is 0.138. The predicted molar refractivity (Wildman–Crippen MR) is 112 cm³/mol. The monoisotopic (exact) mass is 412 g/mol. The van der Waals surface area contributed by atoms with Gasteiger partial charge in [0.25, 0.3) is 5.91 Å². The third-order valence-corrected chi connectivity index (χ3v) is 7.57. The van der Waals surface area contributed by atoms with E-state index in [4.69, 9.17) is 4.42 Å². The van der Waals surface area contributed by atoms with E-state index in [1.807, 2.05) is 57.2 Å². The molecule has 6 nitrogen and oxygen atoms in total. The second kappa shape index (κ2) is 7.31. The van der Waals surface area contributed by atoms with Crippen molar-refractivity contribution >= 4 is 26.9 Å². The van der Waals surface area contributed by atoms with E-state index in [-0.39, 0.29) is 19.0 Å². The minimum absolute atomic E-state index is 0.192. The van der Waals surface area contributed by atoms with Crippen molar-refractivity contribution in [3.05, 3.63) is 64.9 Å². The van der Waals surface area contributed by atoms with Gasteiger partial charge in [0.1, 0.15) is 5.58 Å². The molecular weight excluding hydrogens is 388 g/mol. The number of carbonyl (C=O) groups is 1. The lowest BCUT2D eigenvalue weighted by Crippen LogP contribution is -2.50. The SMILES string of the molecule is Cc1ccc(S(=O)(=O)N2CCN(C(=O)c3oc4ccccc4c3C)CC2)c(C)c1. The summed E-state index contributed by atoms with van der Waals surface area (Å²) in [6.45, 7) is 6.82. The van der Waals surface area contributed by atoms with Gasteiger partial charge < -0.3 is 9.32 Å². The molecule has 3 aromatic rings. The van der Waals surface area contributed by atoms with E-state index in [9.17, 15) is 13.2 Å². The molecule has 1 amide bonds. The maximum absolute atomic E-state index is 13.0. The van der Waals surface area contributed by atoms with Crippen molar-refractivity contribution < 1.29 is 17.6 Å². The molecule has 1 aliphatic rings. The largest absolute Gasteiger partial charge is 0.451 e. The normalized spacial score (nSPS) is 15.8. The van der Waals surface area contributed by atoms with E-state index in [1.165, 1.54) is 4.31 Å². The highest BCUT2D eigenvalue weighted by Crippen LogP contribution is 2.27. The van der Waals surface area contributed by atoms with Gasteiger partial charge in [0.05, 0.1) is 4.90 Å². The highest BCUT2D eigenvalue weighted by atomic mass is 32.2. The number of aryl methyl sites for hydroxylation is 3. The Labute approximate surface area is 170 Å². The zero-order valence-electron chi connectivity index (χ0n) is 16.8. The zero-order chi connectivity index (χ0) is 20.8. The first-order chi connectivity index (χ1) is 13.8. The van der Waals surface area contributed by atoms with Gasteiger partial charge in [-0.1, -0.05) is 35.9 Å². The van der Waals surface area contributed by atoms with Crippen molar-refractivity contribution in [1.82, 2.24) is 9.21 Å². The molecular formula is C22H24N2O4S. The molecule has 0 radical (unpaired) electrons. The van der Waals surface area contributed by atoms with Crippen LogP contribution in [0.1, 0.15) is 27.2 Å². The number of piperazine rings is 1. The van der Waals surface area contributed by atoms with Crippen LogP contribution in [-0.4, -0.2) is 49.7 Å². The number of amides is 1. The third-order valence-electron chi connectivity index (χ3n) is 5.51. The molecule has 4 rings (SSSR count). The van der Waals surface area contributed by atoms with Crippen molar-refractivity contribution in [2.24, 2.45) is 0 Å². The van der Waals surface area contributed by atoms with Crippen LogP contribution < -0.4 is 0 Å². The Kier molecular flexibility index (Phi) is 4.96. The first-order valence-electron chi connectivity index (χ1n) is 9.64. The number of sulfonamides is 1. The summed E-state index contributed by atoms with van der Waals surface area (Å²) in [5, 5.41) is 0.923. The summed E-state index contributed by atoms with van der Waals surface area (Å²) >= 11 is 0. The van der Waals surface area contributed by atoms with Crippen molar-refractivity contribution in [3.63, 3.8) is 0 Å². The number of hydrogen-bond acceptors (Lipinski definition) is 4. The molecule has 1 fully saturated rings. The van der Waals surface area contributed by atoms with Gasteiger partial charge in [0, 0.05) is 37.1 Å². The van der Waals surface area contributed by atoms with Gasteiger partial charge in [-0.15, -0.1) is 0 Å². The van der Waals surface area contributed by atoms with Gasteiger partial charge in [-0.05, 0) is 38.5 Å². The highest BCUT2D eigenvalue weighted by Gasteiger charge is 2.32. The number of para-hydroxylation sites is 1. The van der Waals surface area contributed by atoms with Crippen molar-refractivity contribution in [3.8, 4) is 0 Å². The first kappa shape index (κ1) is 19.7. The molecule has 2 aromatic carbocycles. The number of nitrogens with zero attached hydrogens (tertiary/aromatic N) is 2. The highest BCUT2D eigenvalue weighted by molar-refractivity contribution is 7.89. The molecule has 0 aliphatic carbocycles. The third kappa shape index (κ3) is 3.45. The van der Waals surface area contributed by atoms with Gasteiger partial charge in [-0.25, -0.2) is 8.42 Å². The summed E-state index contributed by atoms with van der Waals surface area (Å²) in [4.78, 5) is 15.0. The lowest BCUT2D eigenvalue weighted by Gasteiger charge is -2.34. The number of benzene rings is 2. The molecule has 0 spiro atoms. The van der Waals surface area contributed by atoms with Crippen LogP contribution in [0.25, 0.3) is 11.0 Å². The fraction of sp³-hybridized carbons (Fsp3) is 0.318. The van der Waals surface area contributed by atoms with Gasteiger partial charge in [-0.3, -0.25) is 4.79 Å². The van der Waals surface area contributed by atoms with Gasteiger partial charge >= 0.3 is 0 Å². The standard InChI is InChI=1S/C22H24N2O4S/c1-15-8-9-20(16(2)14-15)29(26,27)24-12-10-23(11-13-24)22(25)21-17(3)18-6-4-5-7-19(18)28-21/h4-9,14H,10-13H2,1-3H3. The number of fused-ring (bicyclic) bond motifs is 1. The Morgan fingerprint density at radius 3 is 2.31 bits per heavy atom. The van der Waals surface area contributed by atoms with Crippen LogP contribution in [0.4, 0.5) is 0 Å². The number of carbonyl (C=O) groups excluding carboxylic acids is 1. The van der Waals surface area contributed by atoms with Gasteiger partial charge in [0.15, 0.2) is 5.76 Å². The van der Waals surface area contributed by atoms with Gasteiger partial charge in [-0.2, -0.15) is 4.31 Å². The Morgan fingerprint density at radius 2 is 1.66 bits per heavy atom. The van der Waals surface area contributed by atoms with E-state index in [1.54, 1.807) is 11.0 Å². The molecule has 2 heterocycles. The Balaban J connectivity index is 1.51. The molecule has 152 valence electrons. The van der Waals surface area contributed by atoms with Crippen molar-refractivity contribution in [1.29, 1.82) is 0 Å². The van der Waals surface area contributed by atoms with E-state index >= 15 is 0 Å². The smallest absolute Gasteiger partial charge is 0.289 e. The summed E-state index contributed by atoms with van der Waals surface area (Å²) in [6, 6.07) is 12.9. The molecule has 1 saturated heterocycles. The Hall–Kier alpha value is -2.64. The van der Waals surface area contributed by atoms with E-state index in [0.717, 1.165) is 22.1 Å². The maximum atomic E-state index is 13.0. The molecule has 7 heteroatoms. The van der Waals surface area contributed by atoms with E-state index in [0.29, 0.717) is 29.3 Å². The minimum Gasteiger partial charge on any atom is -0.451 e. The Morgan fingerprint density at radius 1 is 0.966 bits per heavy atom. The summed E-state index contributed by atoms with van der Waals surface area (Å²) < 4.78 is 33.3. The predicted octanol–water partition coefficient (Wildman–Crippen LogP) is 3.50. The summed E-state index contributed by atoms with van der Waals surface area (Å²) in [7, 11) is -3.58. The number of furan rings is 1. The minimum atomic E-state index is -3.58. The maximum Gasteiger partial charge on any atom is 0.289 e. The molecule has 0 unspecified atom stereocenters. The van der Waals surface area contributed by atoms with Crippen LogP contribution in [0, 0.1) is 20.8 Å². The number of hydrogen-bond donors (Lipinski definition) is 0. The summed E-state index contributed by atoms with van der Waals surface area (Å²) in [6.07, 6.45) is 0. The topological polar surface area (TPSA) is 70.8 Å². The van der Waals surface area contributed by atoms with Crippen LogP contribution >= 0.6 is 0 Å². The fourth-order valence-electron chi connectivity index (χ4n) is 3.88. The lowest BCUT2D eigenvalue weighted by molar-refractivity contribution is 0.0667. The van der Waals surface area contributed by atoms with Crippen LogP contribution in [0.15, 0.2) is 51.8 Å². The average molecular weight is 413 g/mol. The van der Waals surface area contributed by atoms with Crippen LogP contribution in [-0.2, 0) is 10.0 Å². The molecule has 0 saturated carbocycles. The van der Waals surface area contributed by atoms with Crippen LogP contribution in [0.2, 0.25) is 0 Å². The molecule has 0 N–H and O–H groups in total. The van der Waals surface area contributed by atoms with E-state index < -0.39 is 10.0 Å². The Bertz CT molecular complexity index is 1190. The first-order valence-corrected chi connectivity index (χ1v) is 11.1. The molecule has 1 aliphatic heterocycles. The number of rotatable bonds is 3. The average Bonchev–Trinajstić information content (AvgIpc) is 3.04. The quantitative estimate of drug-likeness (QED) is 0.660. The van der Waals surface area contributed by atoms with Gasteiger partial charge in [0.2, 0.25) is 10.0 Å². The summed E-state index contributed by atoms with van der Waals surface area (Å²) in [5.41, 5.74) is 3.26. The van der Waals surface area contributed by atoms with Crippen LogP contribution in [0.3, 0.4) is 0 Å². The van der Waals surface area contributed by atoms with E-state index in [2.05, 4.69) is 0 Å². The second-order valence-corrected chi connectivity index (χ2v) is 9.42. The van der Waals surface area contributed by atoms with Crippen molar-refractivity contribution in [2.75, 3.05) is 26.2 Å². The van der Waals surface area contributed by atoms with Crippen molar-refractivity contribution in [2.45, 2.75) is 25.7 Å². The molecule has 29 heavy (non-hydrogen) atoms. The molecule has 0 bridgehead atoms. The second-order valence-electron chi connectivity index (χ2n) is 7.52.